The summed E-state index contributed by atoms with van der Waals surface area (Å²) in [6.07, 6.45) is 1.34. The molecule has 0 bridgehead atoms. The molecule has 4 nitrogen and oxygen atoms in total. The SMILES string of the molecule is CCCC(=O)NC(=O)C[C@H](C)N. The van der Waals surface area contributed by atoms with Crippen molar-refractivity contribution < 1.29 is 9.59 Å². The number of hydrogen-bond donors (Lipinski definition) is 2. The average molecular weight is 172 g/mol. The van der Waals surface area contributed by atoms with Crippen LogP contribution in [-0.2, 0) is 9.59 Å². The first-order valence-corrected chi connectivity index (χ1v) is 4.14. The second-order valence-corrected chi connectivity index (χ2v) is 2.90. The van der Waals surface area contributed by atoms with E-state index >= 15 is 0 Å². The normalized spacial score (nSPS) is 12.2. The molecule has 0 aromatic carbocycles. The van der Waals surface area contributed by atoms with Gasteiger partial charge in [-0.25, -0.2) is 0 Å². The minimum absolute atomic E-state index is 0.195. The summed E-state index contributed by atoms with van der Waals surface area (Å²) in [7, 11) is 0. The minimum Gasteiger partial charge on any atom is -0.327 e. The number of imide groups is 1. The summed E-state index contributed by atoms with van der Waals surface area (Å²) in [5, 5.41) is 2.25. The zero-order valence-electron chi connectivity index (χ0n) is 7.59. The quantitative estimate of drug-likeness (QED) is 0.634. The zero-order chi connectivity index (χ0) is 9.56. The summed E-state index contributed by atoms with van der Waals surface area (Å²) in [5.41, 5.74) is 5.37. The summed E-state index contributed by atoms with van der Waals surface area (Å²) in [6.45, 7) is 3.61. The Balaban J connectivity index is 3.62. The Bertz CT molecular complexity index is 166. The Labute approximate surface area is 72.5 Å². The van der Waals surface area contributed by atoms with Crippen molar-refractivity contribution in [3.05, 3.63) is 0 Å². The first-order chi connectivity index (χ1) is 5.56. The van der Waals surface area contributed by atoms with Crippen molar-refractivity contribution in [2.45, 2.75) is 39.2 Å². The maximum Gasteiger partial charge on any atom is 0.228 e. The molecule has 0 saturated carbocycles. The highest BCUT2D eigenvalue weighted by Gasteiger charge is 2.08. The van der Waals surface area contributed by atoms with E-state index in [1.54, 1.807) is 6.92 Å². The van der Waals surface area contributed by atoms with Crippen LogP contribution >= 0.6 is 0 Å². The fraction of sp³-hybridized carbons (Fsp3) is 0.750. The summed E-state index contributed by atoms with van der Waals surface area (Å²) in [4.78, 5) is 21.8. The van der Waals surface area contributed by atoms with E-state index in [9.17, 15) is 9.59 Å². The molecule has 0 aromatic rings. The Kier molecular flexibility index (Phi) is 5.28. The molecule has 0 aromatic heterocycles. The molecule has 0 radical (unpaired) electrons. The van der Waals surface area contributed by atoms with Gasteiger partial charge in [0.15, 0.2) is 0 Å². The molecule has 0 unspecified atom stereocenters. The van der Waals surface area contributed by atoms with Crippen LogP contribution in [0, 0.1) is 0 Å². The van der Waals surface area contributed by atoms with Gasteiger partial charge in [0.05, 0.1) is 0 Å². The molecule has 0 aliphatic heterocycles. The van der Waals surface area contributed by atoms with E-state index in [0.29, 0.717) is 6.42 Å². The van der Waals surface area contributed by atoms with E-state index in [2.05, 4.69) is 5.32 Å². The third-order valence-electron chi connectivity index (χ3n) is 1.26. The molecular formula is C8H16N2O2. The number of carbonyl (C=O) groups is 2. The molecule has 12 heavy (non-hydrogen) atoms. The number of hydrogen-bond acceptors (Lipinski definition) is 3. The van der Waals surface area contributed by atoms with Crippen LogP contribution in [0.2, 0.25) is 0 Å². The van der Waals surface area contributed by atoms with Crippen molar-refractivity contribution in [2.75, 3.05) is 0 Å². The molecule has 0 spiro atoms. The van der Waals surface area contributed by atoms with E-state index in [0.717, 1.165) is 6.42 Å². The highest BCUT2D eigenvalue weighted by Crippen LogP contribution is 1.89. The molecule has 4 heteroatoms. The lowest BCUT2D eigenvalue weighted by Gasteiger charge is -2.04. The Morgan fingerprint density at radius 1 is 1.42 bits per heavy atom. The number of amides is 2. The molecule has 0 heterocycles. The van der Waals surface area contributed by atoms with Crippen LogP contribution < -0.4 is 11.1 Å². The second kappa shape index (κ2) is 5.71. The van der Waals surface area contributed by atoms with Gasteiger partial charge in [0.2, 0.25) is 11.8 Å². The van der Waals surface area contributed by atoms with Crippen LogP contribution in [0.3, 0.4) is 0 Å². The molecule has 0 saturated heterocycles. The first kappa shape index (κ1) is 11.1. The van der Waals surface area contributed by atoms with E-state index in [4.69, 9.17) is 5.73 Å². The lowest BCUT2D eigenvalue weighted by atomic mass is 10.2. The van der Waals surface area contributed by atoms with Crippen LogP contribution in [0.4, 0.5) is 0 Å². The molecular weight excluding hydrogens is 156 g/mol. The minimum atomic E-state index is -0.288. The van der Waals surface area contributed by atoms with Gasteiger partial charge in [-0.1, -0.05) is 6.92 Å². The van der Waals surface area contributed by atoms with Crippen molar-refractivity contribution in [1.29, 1.82) is 0 Å². The third-order valence-corrected chi connectivity index (χ3v) is 1.26. The van der Waals surface area contributed by atoms with Crippen molar-refractivity contribution in [1.82, 2.24) is 5.32 Å². The van der Waals surface area contributed by atoms with Crippen LogP contribution in [0.5, 0.6) is 0 Å². The first-order valence-electron chi connectivity index (χ1n) is 4.14. The maximum atomic E-state index is 10.9. The summed E-state index contributed by atoms with van der Waals surface area (Å²) < 4.78 is 0. The molecule has 0 aliphatic rings. The molecule has 0 rings (SSSR count). The van der Waals surface area contributed by atoms with Crippen molar-refractivity contribution in [2.24, 2.45) is 5.73 Å². The van der Waals surface area contributed by atoms with Gasteiger partial charge >= 0.3 is 0 Å². The second-order valence-electron chi connectivity index (χ2n) is 2.90. The monoisotopic (exact) mass is 172 g/mol. The highest BCUT2D eigenvalue weighted by atomic mass is 16.2. The lowest BCUT2D eigenvalue weighted by Crippen LogP contribution is -2.34. The van der Waals surface area contributed by atoms with Crippen molar-refractivity contribution in [3.63, 3.8) is 0 Å². The predicted octanol–water partition coefficient (Wildman–Crippen LogP) is 0.167. The number of nitrogens with one attached hydrogen (secondary N) is 1. The Morgan fingerprint density at radius 2 is 2.00 bits per heavy atom. The van der Waals surface area contributed by atoms with Gasteiger partial charge in [0.1, 0.15) is 0 Å². The third kappa shape index (κ3) is 5.85. The maximum absolute atomic E-state index is 10.9. The number of carbonyl (C=O) groups excluding carboxylic acids is 2. The van der Waals surface area contributed by atoms with Crippen molar-refractivity contribution >= 4 is 11.8 Å². The van der Waals surface area contributed by atoms with Crippen molar-refractivity contribution in [3.8, 4) is 0 Å². The van der Waals surface area contributed by atoms with Crippen LogP contribution in [0.1, 0.15) is 33.1 Å². The lowest BCUT2D eigenvalue weighted by molar-refractivity contribution is -0.130. The average Bonchev–Trinajstić information content (AvgIpc) is 1.84. The smallest absolute Gasteiger partial charge is 0.228 e. The van der Waals surface area contributed by atoms with Gasteiger partial charge in [-0.15, -0.1) is 0 Å². The Morgan fingerprint density at radius 3 is 2.42 bits per heavy atom. The van der Waals surface area contributed by atoms with E-state index in [1.165, 1.54) is 0 Å². The number of nitrogens with two attached hydrogens (primary N) is 1. The molecule has 1 atom stereocenters. The fourth-order valence-corrected chi connectivity index (χ4v) is 0.789. The molecule has 3 N–H and O–H groups in total. The van der Waals surface area contributed by atoms with Gasteiger partial charge in [-0.05, 0) is 13.3 Å². The summed E-state index contributed by atoms with van der Waals surface area (Å²) in [6, 6.07) is -0.195. The van der Waals surface area contributed by atoms with Crippen LogP contribution in [0.25, 0.3) is 0 Å². The van der Waals surface area contributed by atoms with E-state index < -0.39 is 0 Å². The van der Waals surface area contributed by atoms with Crippen LogP contribution in [0.15, 0.2) is 0 Å². The summed E-state index contributed by atoms with van der Waals surface area (Å²) in [5.74, 6) is -0.508. The molecule has 0 fully saturated rings. The van der Waals surface area contributed by atoms with Gasteiger partial charge in [-0.2, -0.15) is 0 Å². The van der Waals surface area contributed by atoms with Gasteiger partial charge in [-0.3, -0.25) is 14.9 Å². The van der Waals surface area contributed by atoms with Crippen LogP contribution in [-0.4, -0.2) is 17.9 Å². The Hall–Kier alpha value is -0.900. The fourth-order valence-electron chi connectivity index (χ4n) is 0.789. The zero-order valence-corrected chi connectivity index (χ0v) is 7.59. The molecule has 70 valence electrons. The topological polar surface area (TPSA) is 72.2 Å². The van der Waals surface area contributed by atoms with E-state index in [-0.39, 0.29) is 24.3 Å². The van der Waals surface area contributed by atoms with Gasteiger partial charge < -0.3 is 5.73 Å². The predicted molar refractivity (Wildman–Crippen MR) is 46.3 cm³/mol. The molecule has 0 aliphatic carbocycles. The molecule has 2 amide bonds. The van der Waals surface area contributed by atoms with Gasteiger partial charge in [0.25, 0.3) is 0 Å². The largest absolute Gasteiger partial charge is 0.327 e. The highest BCUT2D eigenvalue weighted by molar-refractivity contribution is 5.95. The summed E-state index contributed by atoms with van der Waals surface area (Å²) >= 11 is 0. The van der Waals surface area contributed by atoms with E-state index in [1.807, 2.05) is 6.92 Å². The number of rotatable bonds is 4. The van der Waals surface area contributed by atoms with Gasteiger partial charge in [0, 0.05) is 18.9 Å². The standard InChI is InChI=1S/C8H16N2O2/c1-3-4-7(11)10-8(12)5-6(2)9/h6H,3-5,9H2,1-2H3,(H,10,11,12)/t6-/m0/s1.